The fourth-order valence-electron chi connectivity index (χ4n) is 5.51. The Kier molecular flexibility index (Phi) is 7.91. The van der Waals surface area contributed by atoms with Crippen LogP contribution in [0.25, 0.3) is 0 Å². The van der Waals surface area contributed by atoms with Crippen molar-refractivity contribution < 1.29 is 48.0 Å². The second-order valence-corrected chi connectivity index (χ2v) is 11.0. The summed E-state index contributed by atoms with van der Waals surface area (Å²) in [6, 6.07) is 0. The summed E-state index contributed by atoms with van der Waals surface area (Å²) in [7, 11) is 1.46. The van der Waals surface area contributed by atoms with Gasteiger partial charge in [-0.1, -0.05) is 6.92 Å². The summed E-state index contributed by atoms with van der Waals surface area (Å²) in [5, 5.41) is 12.0. The van der Waals surface area contributed by atoms with Crippen LogP contribution in [0.3, 0.4) is 0 Å². The van der Waals surface area contributed by atoms with E-state index in [-0.39, 0.29) is 12.8 Å². The first kappa shape index (κ1) is 28.1. The summed E-state index contributed by atoms with van der Waals surface area (Å²) in [5.41, 5.74) is -1.71. The van der Waals surface area contributed by atoms with E-state index in [4.69, 9.17) is 23.7 Å². The molecule has 0 aromatic carbocycles. The third kappa shape index (κ3) is 4.77. The maximum atomic E-state index is 12.9. The highest BCUT2D eigenvalue weighted by atomic mass is 16.6. The van der Waals surface area contributed by atoms with E-state index in [1.165, 1.54) is 21.0 Å². The average molecular weight is 511 g/mol. The van der Waals surface area contributed by atoms with Crippen molar-refractivity contribution in [2.45, 2.75) is 104 Å². The van der Waals surface area contributed by atoms with E-state index in [1.807, 2.05) is 6.92 Å². The molecule has 10 nitrogen and oxygen atoms in total. The summed E-state index contributed by atoms with van der Waals surface area (Å²) in [4.78, 5) is 50.4. The number of rotatable bonds is 6. The molecule has 2 aliphatic carbocycles. The van der Waals surface area contributed by atoms with Gasteiger partial charge in [-0.2, -0.15) is 0 Å². The molecule has 2 fully saturated rings. The molecule has 36 heavy (non-hydrogen) atoms. The zero-order chi connectivity index (χ0) is 27.2. The first-order chi connectivity index (χ1) is 16.7. The molecule has 8 atom stereocenters. The Morgan fingerprint density at radius 1 is 1.17 bits per heavy atom. The summed E-state index contributed by atoms with van der Waals surface area (Å²) in [5.74, 6) is -4.11. The Morgan fingerprint density at radius 2 is 1.81 bits per heavy atom. The molecule has 0 aromatic rings. The molecular weight excluding hydrogens is 472 g/mol. The summed E-state index contributed by atoms with van der Waals surface area (Å²) >= 11 is 0. The number of carbonyl (C=O) groups excluding carboxylic acids is 4. The monoisotopic (exact) mass is 510 g/mol. The Morgan fingerprint density at radius 3 is 2.33 bits per heavy atom. The Balaban J connectivity index is 2.19. The Labute approximate surface area is 211 Å². The third-order valence-corrected chi connectivity index (χ3v) is 7.39. The van der Waals surface area contributed by atoms with Crippen molar-refractivity contribution in [3.05, 3.63) is 11.1 Å². The van der Waals surface area contributed by atoms with Crippen molar-refractivity contribution in [2.75, 3.05) is 7.11 Å². The number of hydrogen-bond donors (Lipinski definition) is 1. The van der Waals surface area contributed by atoms with Gasteiger partial charge < -0.3 is 28.8 Å². The maximum absolute atomic E-state index is 12.9. The lowest BCUT2D eigenvalue weighted by molar-refractivity contribution is -0.181. The van der Waals surface area contributed by atoms with Gasteiger partial charge in [0, 0.05) is 26.9 Å². The number of fused-ring (bicyclic) bond motifs is 3. The van der Waals surface area contributed by atoms with Crippen LogP contribution in [0.5, 0.6) is 0 Å². The van der Waals surface area contributed by atoms with Crippen LogP contribution < -0.4 is 0 Å². The highest BCUT2D eigenvalue weighted by Gasteiger charge is 2.68. The molecule has 1 aliphatic heterocycles. The molecule has 6 unspecified atom stereocenters. The topological polar surface area (TPSA) is 135 Å². The van der Waals surface area contributed by atoms with Gasteiger partial charge in [-0.05, 0) is 52.2 Å². The normalized spacial score (nSPS) is 35.9. The minimum atomic E-state index is -1.93. The molecule has 0 amide bonds. The Bertz CT molecular complexity index is 947. The number of methoxy groups -OCH3 is 1. The van der Waals surface area contributed by atoms with Gasteiger partial charge in [0.25, 0.3) is 0 Å². The lowest BCUT2D eigenvalue weighted by Gasteiger charge is -2.36. The predicted molar refractivity (Wildman–Crippen MR) is 125 cm³/mol. The molecule has 0 radical (unpaired) electrons. The zero-order valence-electron chi connectivity index (χ0n) is 22.3. The molecule has 1 heterocycles. The second kappa shape index (κ2) is 10.1. The third-order valence-electron chi connectivity index (χ3n) is 7.39. The van der Waals surface area contributed by atoms with Gasteiger partial charge in [0.05, 0.1) is 17.3 Å². The smallest absolute Gasteiger partial charge is 0.312 e. The fraction of sp³-hybridized carbons (Fsp3) is 0.769. The van der Waals surface area contributed by atoms with E-state index in [1.54, 1.807) is 27.7 Å². The number of aliphatic hydroxyl groups is 1. The van der Waals surface area contributed by atoms with Crippen LogP contribution in [-0.4, -0.2) is 72.2 Å². The van der Waals surface area contributed by atoms with E-state index < -0.39 is 77.2 Å². The number of ether oxygens (including phenoxy) is 5. The van der Waals surface area contributed by atoms with E-state index in [0.29, 0.717) is 17.6 Å². The summed E-state index contributed by atoms with van der Waals surface area (Å²) in [6.45, 7) is 11.5. The maximum Gasteiger partial charge on any atom is 0.312 e. The summed E-state index contributed by atoms with van der Waals surface area (Å²) in [6.07, 6.45) is -4.51. The molecule has 0 bridgehead atoms. The highest BCUT2D eigenvalue weighted by Crippen LogP contribution is 2.53. The molecule has 1 saturated heterocycles. The molecule has 1 saturated carbocycles. The van der Waals surface area contributed by atoms with Gasteiger partial charge in [0.1, 0.15) is 24.4 Å². The van der Waals surface area contributed by atoms with E-state index in [9.17, 15) is 24.3 Å². The number of esters is 4. The van der Waals surface area contributed by atoms with Crippen LogP contribution in [0.2, 0.25) is 0 Å². The molecule has 3 aliphatic rings. The minimum absolute atomic E-state index is 0.112. The second-order valence-electron chi connectivity index (χ2n) is 11.0. The van der Waals surface area contributed by atoms with Crippen LogP contribution >= 0.6 is 0 Å². The van der Waals surface area contributed by atoms with E-state index in [0.717, 1.165) is 0 Å². The van der Waals surface area contributed by atoms with Gasteiger partial charge in [0.15, 0.2) is 11.7 Å². The van der Waals surface area contributed by atoms with Crippen LogP contribution in [-0.2, 0) is 42.9 Å². The van der Waals surface area contributed by atoms with Crippen molar-refractivity contribution in [2.24, 2.45) is 17.3 Å². The predicted octanol–water partition coefficient (Wildman–Crippen LogP) is 2.25. The van der Waals surface area contributed by atoms with E-state index in [2.05, 4.69) is 0 Å². The molecule has 1 N–H and O–H groups in total. The molecule has 3 rings (SSSR count). The lowest BCUT2D eigenvalue weighted by Crippen LogP contribution is -2.55. The van der Waals surface area contributed by atoms with Crippen molar-refractivity contribution in [1.82, 2.24) is 0 Å². The molecule has 0 aromatic heterocycles. The Hall–Kier alpha value is -2.46. The summed E-state index contributed by atoms with van der Waals surface area (Å²) < 4.78 is 28.8. The van der Waals surface area contributed by atoms with Gasteiger partial charge in [-0.15, -0.1) is 0 Å². The molecule has 10 heteroatoms. The van der Waals surface area contributed by atoms with Crippen LogP contribution in [0.4, 0.5) is 0 Å². The first-order valence-electron chi connectivity index (χ1n) is 12.4. The van der Waals surface area contributed by atoms with Crippen molar-refractivity contribution in [3.63, 3.8) is 0 Å². The van der Waals surface area contributed by atoms with Gasteiger partial charge in [0.2, 0.25) is 0 Å². The van der Waals surface area contributed by atoms with Crippen LogP contribution in [0.1, 0.15) is 67.7 Å². The highest BCUT2D eigenvalue weighted by molar-refractivity contribution is 5.79. The zero-order valence-corrected chi connectivity index (χ0v) is 22.3. The largest absolute Gasteiger partial charge is 0.462 e. The molecule has 202 valence electrons. The quantitative estimate of drug-likeness (QED) is 0.322. The first-order valence-corrected chi connectivity index (χ1v) is 12.4. The van der Waals surface area contributed by atoms with Crippen LogP contribution in [0.15, 0.2) is 11.1 Å². The SMILES string of the molecule is CCCC(=O)O[C@H]1CC(OC(C)=O)C2C(=C(C)[C@H](OC)C2OC(=O)C(C)(C)C)C2OC(=O)C(C)C21O. The lowest BCUT2D eigenvalue weighted by atomic mass is 9.78. The fourth-order valence-corrected chi connectivity index (χ4v) is 5.51. The minimum Gasteiger partial charge on any atom is -0.462 e. The van der Waals surface area contributed by atoms with Crippen LogP contribution in [0, 0.1) is 17.3 Å². The van der Waals surface area contributed by atoms with Crippen molar-refractivity contribution in [1.29, 1.82) is 0 Å². The average Bonchev–Trinajstić information content (AvgIpc) is 3.13. The molecular formula is C26H38O10. The standard InChI is InChI=1S/C26H38O10/c1-9-10-17(28)34-16-11-15(33-14(4)27)19-18(22-26(16,31)13(3)23(29)36-22)12(2)20(32-8)21(19)35-24(30)25(5,6)7/h13,15-16,19-22,31H,9-11H2,1-8H3/t13?,15?,16-,19?,20-,21?,22?,26?/m0/s1. The van der Waals surface area contributed by atoms with Gasteiger partial charge in [-0.25, -0.2) is 0 Å². The molecule has 0 spiro atoms. The number of carbonyl (C=O) groups is 4. The van der Waals surface area contributed by atoms with E-state index >= 15 is 0 Å². The van der Waals surface area contributed by atoms with Gasteiger partial charge >= 0.3 is 23.9 Å². The van der Waals surface area contributed by atoms with Crippen molar-refractivity contribution >= 4 is 23.9 Å². The number of hydrogen-bond acceptors (Lipinski definition) is 10. The van der Waals surface area contributed by atoms with Gasteiger partial charge in [-0.3, -0.25) is 19.2 Å². The van der Waals surface area contributed by atoms with Crippen molar-refractivity contribution in [3.8, 4) is 0 Å².